The molecule has 0 saturated heterocycles. The second kappa shape index (κ2) is 8.17. The van der Waals surface area contributed by atoms with E-state index in [0.29, 0.717) is 11.3 Å². The molecule has 4 nitrogen and oxygen atoms in total. The monoisotopic (exact) mass is 380 g/mol. The van der Waals surface area contributed by atoms with E-state index in [1.807, 2.05) is 22.9 Å². The number of nitrogens with zero attached hydrogens (tertiary/aromatic N) is 1. The molecule has 1 amide bonds. The second-order valence-corrected chi connectivity index (χ2v) is 6.87. The van der Waals surface area contributed by atoms with Gasteiger partial charge in [0.15, 0.2) is 0 Å². The highest BCUT2D eigenvalue weighted by molar-refractivity contribution is 7.20. The van der Waals surface area contributed by atoms with E-state index in [0.717, 1.165) is 9.88 Å². The summed E-state index contributed by atoms with van der Waals surface area (Å²) >= 11 is 3.08. The Morgan fingerprint density at radius 2 is 2.04 bits per heavy atom. The summed E-state index contributed by atoms with van der Waals surface area (Å²) in [5.74, 6) is -0.165. The van der Waals surface area contributed by atoms with E-state index in [9.17, 15) is 13.6 Å². The number of para-hydroxylation sites is 1. The Bertz CT molecular complexity index is 835. The van der Waals surface area contributed by atoms with Crippen molar-refractivity contribution in [3.63, 3.8) is 0 Å². The van der Waals surface area contributed by atoms with Gasteiger partial charge in [-0.15, -0.1) is 22.7 Å². The lowest BCUT2D eigenvalue weighted by atomic mass is 10.2. The highest BCUT2D eigenvalue weighted by Crippen LogP contribution is 2.28. The van der Waals surface area contributed by atoms with Crippen LogP contribution in [0.4, 0.5) is 8.78 Å². The van der Waals surface area contributed by atoms with Gasteiger partial charge in [-0.3, -0.25) is 4.79 Å². The largest absolute Gasteiger partial charge is 0.434 e. The lowest BCUT2D eigenvalue weighted by molar-refractivity contribution is -0.120. The number of ether oxygens (including phenoxy) is 1. The molecule has 0 radical (unpaired) electrons. The minimum absolute atomic E-state index is 0.0615. The molecular weight excluding hydrogens is 366 g/mol. The predicted molar refractivity (Wildman–Crippen MR) is 94.1 cm³/mol. The summed E-state index contributed by atoms with van der Waals surface area (Å²) in [5, 5.41) is 7.42. The molecule has 1 N–H and O–H groups in total. The zero-order valence-corrected chi connectivity index (χ0v) is 14.6. The predicted octanol–water partition coefficient (Wildman–Crippen LogP) is 4.33. The molecule has 1 aromatic carbocycles. The lowest BCUT2D eigenvalue weighted by Crippen LogP contribution is -2.25. The van der Waals surface area contributed by atoms with Crippen LogP contribution >= 0.6 is 22.7 Å². The van der Waals surface area contributed by atoms with Crippen LogP contribution in [0.5, 0.6) is 5.75 Å². The maximum absolute atomic E-state index is 12.4. The van der Waals surface area contributed by atoms with E-state index in [1.165, 1.54) is 17.4 Å². The fourth-order valence-electron chi connectivity index (χ4n) is 2.18. The van der Waals surface area contributed by atoms with Crippen LogP contribution in [0.25, 0.3) is 9.88 Å². The summed E-state index contributed by atoms with van der Waals surface area (Å²) in [4.78, 5) is 17.6. The molecule has 0 aliphatic carbocycles. The first-order valence-corrected chi connectivity index (χ1v) is 9.15. The van der Waals surface area contributed by atoms with E-state index in [2.05, 4.69) is 15.0 Å². The van der Waals surface area contributed by atoms with Gasteiger partial charge in [0.05, 0.1) is 17.0 Å². The molecule has 0 bridgehead atoms. The van der Waals surface area contributed by atoms with Crippen molar-refractivity contribution in [1.82, 2.24) is 10.3 Å². The number of hydrogen-bond acceptors (Lipinski definition) is 5. The van der Waals surface area contributed by atoms with Crippen molar-refractivity contribution in [3.8, 4) is 15.6 Å². The highest BCUT2D eigenvalue weighted by atomic mass is 32.1. The number of hydrogen-bond donors (Lipinski definition) is 1. The van der Waals surface area contributed by atoms with Gasteiger partial charge in [0.2, 0.25) is 5.91 Å². The molecule has 0 unspecified atom stereocenters. The number of carbonyl (C=O) groups excluding carboxylic acids is 1. The fourth-order valence-corrected chi connectivity index (χ4v) is 3.82. The average Bonchev–Trinajstić information content (AvgIpc) is 3.24. The summed E-state index contributed by atoms with van der Waals surface area (Å²) < 4.78 is 29.2. The van der Waals surface area contributed by atoms with Crippen LogP contribution in [0, 0.1) is 0 Å². The van der Waals surface area contributed by atoms with Crippen LogP contribution in [0.1, 0.15) is 11.3 Å². The first-order valence-electron chi connectivity index (χ1n) is 7.39. The Balaban J connectivity index is 1.57. The summed E-state index contributed by atoms with van der Waals surface area (Å²) in [6, 6.07) is 10.3. The van der Waals surface area contributed by atoms with E-state index in [4.69, 9.17) is 0 Å². The number of alkyl halides is 2. The van der Waals surface area contributed by atoms with Gasteiger partial charge in [0.25, 0.3) is 0 Å². The number of rotatable bonds is 7. The number of nitrogens with one attached hydrogen (secondary N) is 1. The minimum Gasteiger partial charge on any atom is -0.434 e. The molecule has 130 valence electrons. The fraction of sp³-hybridized carbons (Fsp3) is 0.176. The van der Waals surface area contributed by atoms with E-state index < -0.39 is 6.61 Å². The molecule has 0 aliphatic heterocycles. The third-order valence-electron chi connectivity index (χ3n) is 3.29. The van der Waals surface area contributed by atoms with Crippen LogP contribution in [-0.2, 0) is 17.8 Å². The van der Waals surface area contributed by atoms with Crippen LogP contribution in [-0.4, -0.2) is 17.5 Å². The van der Waals surface area contributed by atoms with Gasteiger partial charge in [-0.05, 0) is 17.5 Å². The van der Waals surface area contributed by atoms with Gasteiger partial charge in [-0.1, -0.05) is 24.3 Å². The molecule has 8 heteroatoms. The first kappa shape index (κ1) is 17.5. The number of amides is 1. The number of benzene rings is 1. The quantitative estimate of drug-likeness (QED) is 0.664. The van der Waals surface area contributed by atoms with Crippen molar-refractivity contribution < 1.29 is 18.3 Å². The summed E-state index contributed by atoms with van der Waals surface area (Å²) in [7, 11) is 0. The molecule has 0 aliphatic rings. The molecule has 3 rings (SSSR count). The maximum Gasteiger partial charge on any atom is 0.387 e. The molecule has 0 atom stereocenters. The topological polar surface area (TPSA) is 51.2 Å². The van der Waals surface area contributed by atoms with Crippen molar-refractivity contribution in [1.29, 1.82) is 0 Å². The lowest BCUT2D eigenvalue weighted by Gasteiger charge is -2.11. The average molecular weight is 380 g/mol. The Morgan fingerprint density at radius 3 is 2.80 bits per heavy atom. The van der Waals surface area contributed by atoms with Gasteiger partial charge >= 0.3 is 6.61 Å². The molecular formula is C17H14F2N2O2S2. The van der Waals surface area contributed by atoms with Gasteiger partial charge < -0.3 is 10.1 Å². The van der Waals surface area contributed by atoms with Crippen molar-refractivity contribution in [2.45, 2.75) is 19.6 Å². The first-order chi connectivity index (χ1) is 12.1. The Morgan fingerprint density at radius 1 is 1.20 bits per heavy atom. The van der Waals surface area contributed by atoms with Crippen molar-refractivity contribution >= 4 is 28.6 Å². The third-order valence-corrected chi connectivity index (χ3v) is 5.22. The van der Waals surface area contributed by atoms with Crippen molar-refractivity contribution in [2.75, 3.05) is 0 Å². The van der Waals surface area contributed by atoms with Crippen LogP contribution in [0.15, 0.2) is 47.2 Å². The van der Waals surface area contributed by atoms with E-state index in [1.54, 1.807) is 29.5 Å². The van der Waals surface area contributed by atoms with Crippen LogP contribution in [0.2, 0.25) is 0 Å². The van der Waals surface area contributed by atoms with E-state index >= 15 is 0 Å². The normalized spacial score (nSPS) is 10.8. The zero-order chi connectivity index (χ0) is 17.6. The van der Waals surface area contributed by atoms with Crippen molar-refractivity contribution in [3.05, 3.63) is 58.4 Å². The van der Waals surface area contributed by atoms with Gasteiger partial charge in [0.1, 0.15) is 10.8 Å². The summed E-state index contributed by atoms with van der Waals surface area (Å²) in [6.45, 7) is -2.79. The van der Waals surface area contributed by atoms with Gasteiger partial charge in [-0.25, -0.2) is 4.98 Å². The Labute approximate surface area is 151 Å². The Hall–Kier alpha value is -2.32. The molecule has 25 heavy (non-hydrogen) atoms. The number of aromatic nitrogens is 1. The number of halogens is 2. The standard InChI is InChI=1S/C17H14F2N2O2S2/c18-17(19)23-13-5-2-1-4-11(13)9-20-15(22)8-12-10-25-16(21-12)14-6-3-7-24-14/h1-7,10,17H,8-9H2,(H,20,22). The maximum atomic E-state index is 12.4. The molecule has 3 aromatic rings. The zero-order valence-electron chi connectivity index (χ0n) is 12.9. The number of carbonyl (C=O) groups is 1. The molecule has 0 spiro atoms. The summed E-state index contributed by atoms with van der Waals surface area (Å²) in [6.07, 6.45) is 0.139. The smallest absolute Gasteiger partial charge is 0.387 e. The molecule has 2 aromatic heterocycles. The highest BCUT2D eigenvalue weighted by Gasteiger charge is 2.12. The number of thiazole rings is 1. The number of thiophene rings is 1. The molecule has 0 fully saturated rings. The van der Waals surface area contributed by atoms with Crippen LogP contribution < -0.4 is 10.1 Å². The third kappa shape index (κ3) is 4.83. The Kier molecular flexibility index (Phi) is 5.72. The molecule has 0 saturated carbocycles. The van der Waals surface area contributed by atoms with Gasteiger partial charge in [-0.2, -0.15) is 8.78 Å². The van der Waals surface area contributed by atoms with Gasteiger partial charge in [0, 0.05) is 17.5 Å². The van der Waals surface area contributed by atoms with Crippen molar-refractivity contribution in [2.24, 2.45) is 0 Å². The second-order valence-electron chi connectivity index (χ2n) is 5.06. The SMILES string of the molecule is O=C(Cc1csc(-c2cccs2)n1)NCc1ccccc1OC(F)F. The summed E-state index contributed by atoms with van der Waals surface area (Å²) in [5.41, 5.74) is 1.18. The minimum atomic E-state index is -2.90. The van der Waals surface area contributed by atoms with E-state index in [-0.39, 0.29) is 24.6 Å². The van der Waals surface area contributed by atoms with Crippen LogP contribution in [0.3, 0.4) is 0 Å². The molecule has 2 heterocycles.